The van der Waals surface area contributed by atoms with Crippen molar-refractivity contribution in [3.05, 3.63) is 24.2 Å². The van der Waals surface area contributed by atoms with Crippen molar-refractivity contribution in [3.63, 3.8) is 0 Å². The molecule has 0 aliphatic carbocycles. The van der Waals surface area contributed by atoms with Gasteiger partial charge in [-0.25, -0.2) is 0 Å². The maximum Gasteiger partial charge on any atom is 0.239 e. The summed E-state index contributed by atoms with van der Waals surface area (Å²) in [4.78, 5) is 15.2. The quantitative estimate of drug-likeness (QED) is 0.749. The van der Waals surface area contributed by atoms with Gasteiger partial charge in [0.2, 0.25) is 5.91 Å². The molecular weight excluding hydrogens is 192 g/mol. The van der Waals surface area contributed by atoms with Crippen LogP contribution in [0.2, 0.25) is 0 Å². The van der Waals surface area contributed by atoms with Crippen LogP contribution in [-0.2, 0) is 11.3 Å². The molecule has 1 unspecified atom stereocenters. The number of hydrogen-bond donors (Lipinski definition) is 0. The van der Waals surface area contributed by atoms with Crippen LogP contribution in [0.25, 0.3) is 0 Å². The molecule has 1 heterocycles. The minimum absolute atomic E-state index is 0.101. The number of likely N-dealkylation sites (N-methyl/N-ethyl adjacent to an activating group) is 2. The van der Waals surface area contributed by atoms with Crippen LogP contribution in [-0.4, -0.2) is 42.9 Å². The van der Waals surface area contributed by atoms with Crippen molar-refractivity contribution in [2.45, 2.75) is 19.5 Å². The zero-order chi connectivity index (χ0) is 11.4. The summed E-state index contributed by atoms with van der Waals surface area (Å²) in [6.45, 7) is 2.54. The number of carbonyl (C=O) groups excluding carboxylic acids is 1. The number of amides is 1. The summed E-state index contributed by atoms with van der Waals surface area (Å²) in [5, 5.41) is 0. The number of carbonyl (C=O) groups is 1. The van der Waals surface area contributed by atoms with Gasteiger partial charge in [-0.2, -0.15) is 0 Å². The molecule has 0 spiro atoms. The molecule has 4 nitrogen and oxygen atoms in total. The SMILES string of the molecule is CC(C(=O)N(C)C)N(C)Cc1ccco1. The fourth-order valence-electron chi connectivity index (χ4n) is 1.35. The number of furan rings is 1. The summed E-state index contributed by atoms with van der Waals surface area (Å²) in [7, 11) is 5.44. The third kappa shape index (κ3) is 3.09. The van der Waals surface area contributed by atoms with Gasteiger partial charge in [-0.05, 0) is 26.1 Å². The van der Waals surface area contributed by atoms with Gasteiger partial charge in [0.1, 0.15) is 5.76 Å². The van der Waals surface area contributed by atoms with E-state index in [0.29, 0.717) is 6.54 Å². The minimum atomic E-state index is -0.134. The lowest BCUT2D eigenvalue weighted by Gasteiger charge is -2.25. The first-order valence-electron chi connectivity index (χ1n) is 4.96. The van der Waals surface area contributed by atoms with Crippen LogP contribution in [0, 0.1) is 0 Å². The van der Waals surface area contributed by atoms with Crippen molar-refractivity contribution in [1.82, 2.24) is 9.80 Å². The van der Waals surface area contributed by atoms with E-state index in [2.05, 4.69) is 0 Å². The van der Waals surface area contributed by atoms with Gasteiger partial charge in [0.15, 0.2) is 0 Å². The van der Waals surface area contributed by atoms with Gasteiger partial charge < -0.3 is 9.32 Å². The molecule has 15 heavy (non-hydrogen) atoms. The molecule has 0 aliphatic heterocycles. The van der Waals surface area contributed by atoms with E-state index in [1.165, 1.54) is 0 Å². The highest BCUT2D eigenvalue weighted by molar-refractivity contribution is 5.80. The summed E-state index contributed by atoms with van der Waals surface area (Å²) in [5.74, 6) is 0.972. The van der Waals surface area contributed by atoms with Crippen molar-refractivity contribution in [1.29, 1.82) is 0 Å². The Morgan fingerprint density at radius 2 is 2.13 bits per heavy atom. The number of hydrogen-bond acceptors (Lipinski definition) is 3. The summed E-state index contributed by atoms with van der Waals surface area (Å²) in [6, 6.07) is 3.62. The van der Waals surface area contributed by atoms with Crippen molar-refractivity contribution in [2.75, 3.05) is 21.1 Å². The molecule has 1 atom stereocenters. The summed E-state index contributed by atoms with van der Waals surface area (Å²) < 4.78 is 5.23. The van der Waals surface area contributed by atoms with Crippen LogP contribution < -0.4 is 0 Å². The third-order valence-electron chi connectivity index (χ3n) is 2.44. The van der Waals surface area contributed by atoms with E-state index in [1.54, 1.807) is 25.3 Å². The standard InChI is InChI=1S/C11H18N2O2/c1-9(11(14)12(2)3)13(4)8-10-6-5-7-15-10/h5-7,9H,8H2,1-4H3. The molecule has 1 amide bonds. The Morgan fingerprint density at radius 3 is 2.60 bits per heavy atom. The van der Waals surface area contributed by atoms with Gasteiger partial charge in [0, 0.05) is 14.1 Å². The Balaban J connectivity index is 2.53. The van der Waals surface area contributed by atoms with Crippen molar-refractivity contribution in [2.24, 2.45) is 0 Å². The molecule has 1 aromatic heterocycles. The maximum absolute atomic E-state index is 11.7. The molecule has 0 aliphatic rings. The zero-order valence-corrected chi connectivity index (χ0v) is 9.73. The Bertz CT molecular complexity index is 306. The lowest BCUT2D eigenvalue weighted by molar-refractivity contribution is -0.133. The van der Waals surface area contributed by atoms with Gasteiger partial charge in [0.25, 0.3) is 0 Å². The van der Waals surface area contributed by atoms with Crippen LogP contribution in [0.4, 0.5) is 0 Å². The van der Waals surface area contributed by atoms with Crippen molar-refractivity contribution in [3.8, 4) is 0 Å². The third-order valence-corrected chi connectivity index (χ3v) is 2.44. The van der Waals surface area contributed by atoms with Crippen molar-refractivity contribution < 1.29 is 9.21 Å². The normalized spacial score (nSPS) is 12.9. The topological polar surface area (TPSA) is 36.7 Å². The smallest absolute Gasteiger partial charge is 0.239 e. The molecule has 0 radical (unpaired) electrons. The van der Waals surface area contributed by atoms with E-state index in [4.69, 9.17) is 4.42 Å². The largest absolute Gasteiger partial charge is 0.468 e. The fraction of sp³-hybridized carbons (Fsp3) is 0.545. The second kappa shape index (κ2) is 4.98. The van der Waals surface area contributed by atoms with Crippen LogP contribution in [0.15, 0.2) is 22.8 Å². The van der Waals surface area contributed by atoms with Gasteiger partial charge in [0.05, 0.1) is 18.8 Å². The molecule has 84 valence electrons. The van der Waals surface area contributed by atoms with E-state index >= 15 is 0 Å². The van der Waals surface area contributed by atoms with Gasteiger partial charge in [-0.3, -0.25) is 9.69 Å². The summed E-state index contributed by atoms with van der Waals surface area (Å²) in [6.07, 6.45) is 1.64. The highest BCUT2D eigenvalue weighted by Crippen LogP contribution is 2.07. The summed E-state index contributed by atoms with van der Waals surface area (Å²) >= 11 is 0. The van der Waals surface area contributed by atoms with Crippen LogP contribution in [0.3, 0.4) is 0 Å². The van der Waals surface area contributed by atoms with E-state index in [-0.39, 0.29) is 11.9 Å². The second-order valence-corrected chi connectivity index (χ2v) is 3.90. The molecule has 1 aromatic rings. The highest BCUT2D eigenvalue weighted by Gasteiger charge is 2.19. The van der Waals surface area contributed by atoms with E-state index < -0.39 is 0 Å². The summed E-state index contributed by atoms with van der Waals surface area (Å²) in [5.41, 5.74) is 0. The molecule has 0 fully saturated rings. The van der Waals surface area contributed by atoms with Crippen molar-refractivity contribution >= 4 is 5.91 Å². The van der Waals surface area contributed by atoms with E-state index in [1.807, 2.05) is 31.0 Å². The molecule has 1 rings (SSSR count). The highest BCUT2D eigenvalue weighted by atomic mass is 16.3. The van der Waals surface area contributed by atoms with Gasteiger partial charge >= 0.3 is 0 Å². The molecule has 0 saturated carbocycles. The molecular formula is C11H18N2O2. The van der Waals surface area contributed by atoms with Gasteiger partial charge in [-0.1, -0.05) is 0 Å². The Kier molecular flexibility index (Phi) is 3.91. The maximum atomic E-state index is 11.7. The lowest BCUT2D eigenvalue weighted by atomic mass is 10.2. The monoisotopic (exact) mass is 210 g/mol. The first-order valence-corrected chi connectivity index (χ1v) is 4.96. The van der Waals surface area contributed by atoms with Gasteiger partial charge in [-0.15, -0.1) is 0 Å². The lowest BCUT2D eigenvalue weighted by Crippen LogP contribution is -2.42. The Labute approximate surface area is 90.5 Å². The van der Waals surface area contributed by atoms with E-state index in [9.17, 15) is 4.79 Å². The van der Waals surface area contributed by atoms with Crippen LogP contribution >= 0.6 is 0 Å². The number of rotatable bonds is 4. The Hall–Kier alpha value is -1.29. The number of nitrogens with zero attached hydrogens (tertiary/aromatic N) is 2. The second-order valence-electron chi connectivity index (χ2n) is 3.90. The van der Waals surface area contributed by atoms with Crippen LogP contribution in [0.1, 0.15) is 12.7 Å². The minimum Gasteiger partial charge on any atom is -0.468 e. The first-order chi connectivity index (χ1) is 7.02. The molecule has 4 heteroatoms. The predicted octanol–water partition coefficient (Wildman–Crippen LogP) is 1.19. The Morgan fingerprint density at radius 1 is 1.47 bits per heavy atom. The first kappa shape index (κ1) is 11.8. The van der Waals surface area contributed by atoms with Crippen LogP contribution in [0.5, 0.6) is 0 Å². The average Bonchev–Trinajstić information content (AvgIpc) is 2.67. The zero-order valence-electron chi connectivity index (χ0n) is 9.73. The van der Waals surface area contributed by atoms with E-state index in [0.717, 1.165) is 5.76 Å². The molecule has 0 saturated heterocycles. The predicted molar refractivity (Wildman–Crippen MR) is 58.3 cm³/mol. The molecule has 0 N–H and O–H groups in total. The fourth-order valence-corrected chi connectivity index (χ4v) is 1.35. The molecule has 0 aromatic carbocycles. The average molecular weight is 210 g/mol. The molecule has 0 bridgehead atoms.